The first kappa shape index (κ1) is 9.53. The molecule has 0 aliphatic carbocycles. The molecule has 2 amide bonds. The molecular weight excluding hydrogens is 174 g/mol. The first-order valence-corrected chi connectivity index (χ1v) is 3.72. The Kier molecular flexibility index (Phi) is 2.52. The monoisotopic (exact) mass is 185 g/mol. The molecule has 1 atom stereocenters. The Bertz CT molecular complexity index is 264. The number of hydrogen-bond acceptors (Lipinski definition) is 4. The van der Waals surface area contributed by atoms with Crippen LogP contribution in [0.2, 0.25) is 0 Å². The molecular formula is C7H11N3O3. The highest BCUT2D eigenvalue weighted by atomic mass is 16.7. The molecule has 0 saturated heterocycles. The van der Waals surface area contributed by atoms with E-state index < -0.39 is 11.5 Å². The van der Waals surface area contributed by atoms with Gasteiger partial charge in [0, 0.05) is 13.2 Å². The predicted molar refractivity (Wildman–Crippen MR) is 44.0 cm³/mol. The van der Waals surface area contributed by atoms with Crippen molar-refractivity contribution in [1.82, 2.24) is 10.8 Å². The molecule has 72 valence electrons. The summed E-state index contributed by atoms with van der Waals surface area (Å²) in [6.07, 6.45) is 2.72. The van der Waals surface area contributed by atoms with Crippen LogP contribution in [0.4, 0.5) is 0 Å². The number of nitrogens with one attached hydrogen (secondary N) is 2. The van der Waals surface area contributed by atoms with E-state index in [0.29, 0.717) is 0 Å². The zero-order valence-electron chi connectivity index (χ0n) is 7.16. The summed E-state index contributed by atoms with van der Waals surface area (Å²) in [6, 6.07) is 0. The van der Waals surface area contributed by atoms with Crippen LogP contribution < -0.4 is 16.5 Å². The van der Waals surface area contributed by atoms with Gasteiger partial charge in [-0.3, -0.25) is 19.9 Å². The van der Waals surface area contributed by atoms with Crippen molar-refractivity contribution in [2.45, 2.75) is 12.0 Å². The zero-order valence-corrected chi connectivity index (χ0v) is 7.16. The second-order valence-corrected chi connectivity index (χ2v) is 2.66. The molecule has 0 aromatic rings. The fourth-order valence-electron chi connectivity index (χ4n) is 0.983. The van der Waals surface area contributed by atoms with Crippen LogP contribution in [-0.4, -0.2) is 24.5 Å². The van der Waals surface area contributed by atoms with E-state index in [1.807, 2.05) is 0 Å². The molecule has 6 nitrogen and oxygen atoms in total. The molecule has 0 saturated carbocycles. The minimum atomic E-state index is -1.35. The summed E-state index contributed by atoms with van der Waals surface area (Å²) in [7, 11) is 1.48. The SMILES string of the molecule is CNC(=O)CC1(C(N)=O)C=CNO1. The number of amides is 2. The third kappa shape index (κ3) is 1.78. The average molecular weight is 185 g/mol. The quantitative estimate of drug-likeness (QED) is 0.493. The molecule has 1 rings (SSSR count). The molecule has 0 spiro atoms. The van der Waals surface area contributed by atoms with Crippen molar-refractivity contribution < 1.29 is 14.4 Å². The lowest BCUT2D eigenvalue weighted by Crippen LogP contribution is -2.47. The van der Waals surface area contributed by atoms with Crippen molar-refractivity contribution in [2.75, 3.05) is 7.05 Å². The van der Waals surface area contributed by atoms with E-state index >= 15 is 0 Å². The van der Waals surface area contributed by atoms with Crippen molar-refractivity contribution in [3.05, 3.63) is 12.3 Å². The van der Waals surface area contributed by atoms with Crippen LogP contribution in [0.25, 0.3) is 0 Å². The van der Waals surface area contributed by atoms with Crippen LogP contribution in [0.3, 0.4) is 0 Å². The Hall–Kier alpha value is -1.56. The van der Waals surface area contributed by atoms with E-state index in [4.69, 9.17) is 10.6 Å². The smallest absolute Gasteiger partial charge is 0.257 e. The summed E-state index contributed by atoms with van der Waals surface area (Å²) < 4.78 is 0. The summed E-state index contributed by atoms with van der Waals surface area (Å²) in [5.74, 6) is -1.01. The Balaban J connectivity index is 2.74. The molecule has 1 aliphatic rings. The number of carbonyl (C=O) groups excluding carboxylic acids is 2. The van der Waals surface area contributed by atoms with Crippen molar-refractivity contribution in [2.24, 2.45) is 5.73 Å². The summed E-state index contributed by atoms with van der Waals surface area (Å²) in [5.41, 5.74) is 6.12. The molecule has 1 unspecified atom stereocenters. The number of hydroxylamine groups is 1. The van der Waals surface area contributed by atoms with Gasteiger partial charge in [-0.05, 0) is 6.08 Å². The van der Waals surface area contributed by atoms with Crippen LogP contribution in [0.15, 0.2) is 12.3 Å². The van der Waals surface area contributed by atoms with Gasteiger partial charge in [0.2, 0.25) is 11.5 Å². The summed E-state index contributed by atoms with van der Waals surface area (Å²) in [5, 5.41) is 2.38. The number of hydrogen-bond donors (Lipinski definition) is 3. The Morgan fingerprint density at radius 2 is 2.38 bits per heavy atom. The summed E-state index contributed by atoms with van der Waals surface area (Å²) in [4.78, 5) is 26.9. The van der Waals surface area contributed by atoms with Gasteiger partial charge in [-0.1, -0.05) is 0 Å². The molecule has 0 radical (unpaired) electrons. The fourth-order valence-corrected chi connectivity index (χ4v) is 0.983. The van der Waals surface area contributed by atoms with Crippen molar-refractivity contribution in [1.29, 1.82) is 0 Å². The fraction of sp³-hybridized carbons (Fsp3) is 0.429. The van der Waals surface area contributed by atoms with Gasteiger partial charge in [-0.2, -0.15) is 0 Å². The zero-order chi connectivity index (χ0) is 9.90. The third-order valence-corrected chi connectivity index (χ3v) is 1.78. The van der Waals surface area contributed by atoms with E-state index in [1.165, 1.54) is 19.3 Å². The van der Waals surface area contributed by atoms with Gasteiger partial charge in [0.25, 0.3) is 5.91 Å². The number of primary amides is 1. The van der Waals surface area contributed by atoms with E-state index in [1.54, 1.807) is 0 Å². The lowest BCUT2D eigenvalue weighted by molar-refractivity contribution is -0.146. The first-order chi connectivity index (χ1) is 6.10. The number of nitrogens with two attached hydrogens (primary N) is 1. The van der Waals surface area contributed by atoms with Gasteiger partial charge in [0.15, 0.2) is 0 Å². The molecule has 0 bridgehead atoms. The first-order valence-electron chi connectivity index (χ1n) is 3.72. The van der Waals surface area contributed by atoms with Gasteiger partial charge in [-0.25, -0.2) is 0 Å². The van der Waals surface area contributed by atoms with E-state index in [9.17, 15) is 9.59 Å². The lowest BCUT2D eigenvalue weighted by Gasteiger charge is -2.20. The van der Waals surface area contributed by atoms with Crippen LogP contribution >= 0.6 is 0 Å². The number of rotatable bonds is 3. The second kappa shape index (κ2) is 3.44. The highest BCUT2D eigenvalue weighted by Crippen LogP contribution is 2.20. The Morgan fingerprint density at radius 3 is 2.77 bits per heavy atom. The van der Waals surface area contributed by atoms with Gasteiger partial charge >= 0.3 is 0 Å². The molecule has 0 aromatic heterocycles. The van der Waals surface area contributed by atoms with Crippen LogP contribution in [0, 0.1) is 0 Å². The van der Waals surface area contributed by atoms with Crippen LogP contribution in [0.1, 0.15) is 6.42 Å². The topological polar surface area (TPSA) is 93.5 Å². The standard InChI is InChI=1S/C7H11N3O3/c1-9-5(11)4-7(6(8)12)2-3-10-13-7/h2-3,10H,4H2,1H3,(H2,8,12)(H,9,11). The molecule has 0 fully saturated rings. The van der Waals surface area contributed by atoms with Gasteiger partial charge in [0.1, 0.15) is 0 Å². The normalized spacial score (nSPS) is 25.3. The molecule has 1 aliphatic heterocycles. The van der Waals surface area contributed by atoms with Crippen molar-refractivity contribution in [3.8, 4) is 0 Å². The number of carbonyl (C=O) groups is 2. The van der Waals surface area contributed by atoms with E-state index in [2.05, 4.69) is 10.8 Å². The lowest BCUT2D eigenvalue weighted by atomic mass is 9.99. The van der Waals surface area contributed by atoms with Gasteiger partial charge < -0.3 is 11.1 Å². The molecule has 4 N–H and O–H groups in total. The van der Waals surface area contributed by atoms with Crippen LogP contribution in [-0.2, 0) is 14.4 Å². The minimum absolute atomic E-state index is 0.123. The molecule has 1 heterocycles. The van der Waals surface area contributed by atoms with E-state index in [0.717, 1.165) is 0 Å². The van der Waals surface area contributed by atoms with Gasteiger partial charge in [-0.15, -0.1) is 0 Å². The second-order valence-electron chi connectivity index (χ2n) is 2.66. The maximum atomic E-state index is 11.0. The van der Waals surface area contributed by atoms with Gasteiger partial charge in [0.05, 0.1) is 6.42 Å². The largest absolute Gasteiger partial charge is 0.367 e. The predicted octanol–water partition coefficient (Wildman–Crippen LogP) is -1.60. The van der Waals surface area contributed by atoms with Crippen LogP contribution in [0.5, 0.6) is 0 Å². The molecule has 13 heavy (non-hydrogen) atoms. The third-order valence-electron chi connectivity index (χ3n) is 1.78. The Labute approximate surface area is 75.1 Å². The highest BCUT2D eigenvalue weighted by Gasteiger charge is 2.40. The summed E-state index contributed by atoms with van der Waals surface area (Å²) >= 11 is 0. The maximum Gasteiger partial charge on any atom is 0.257 e. The maximum absolute atomic E-state index is 11.0. The molecule has 6 heteroatoms. The van der Waals surface area contributed by atoms with E-state index in [-0.39, 0.29) is 12.3 Å². The highest BCUT2D eigenvalue weighted by molar-refractivity contribution is 5.92. The minimum Gasteiger partial charge on any atom is -0.367 e. The van der Waals surface area contributed by atoms with Crippen molar-refractivity contribution >= 4 is 11.8 Å². The molecule has 0 aromatic carbocycles. The average Bonchev–Trinajstić information content (AvgIpc) is 2.54. The summed E-state index contributed by atoms with van der Waals surface area (Å²) in [6.45, 7) is 0. The van der Waals surface area contributed by atoms with Crippen molar-refractivity contribution in [3.63, 3.8) is 0 Å². The Morgan fingerprint density at radius 1 is 1.69 bits per heavy atom.